The Labute approximate surface area is 101 Å². The zero-order valence-corrected chi connectivity index (χ0v) is 10.6. The molecule has 2 bridgehead atoms. The van der Waals surface area contributed by atoms with Gasteiger partial charge in [-0.05, 0) is 6.42 Å². The highest BCUT2D eigenvalue weighted by Gasteiger charge is 2.42. The minimum Gasteiger partial charge on any atom is -0.315 e. The molecule has 17 heavy (non-hydrogen) atoms. The van der Waals surface area contributed by atoms with Gasteiger partial charge >= 0.3 is 0 Å². The Morgan fingerprint density at radius 1 is 1.18 bits per heavy atom. The Morgan fingerprint density at radius 3 is 2.35 bits per heavy atom. The van der Waals surface area contributed by atoms with E-state index in [2.05, 4.69) is 10.2 Å². The summed E-state index contributed by atoms with van der Waals surface area (Å²) in [6.07, 6.45) is 0.739. The normalized spacial score (nSPS) is 41.6. The number of nitrogens with zero attached hydrogens (tertiary/aromatic N) is 1. The molecule has 0 aromatic rings. The summed E-state index contributed by atoms with van der Waals surface area (Å²) in [7, 11) is -2.82. The van der Waals surface area contributed by atoms with Crippen LogP contribution in [0, 0.1) is 11.8 Å². The first kappa shape index (κ1) is 11.6. The molecule has 3 rings (SSSR count). The van der Waals surface area contributed by atoms with E-state index in [0.717, 1.165) is 32.6 Å². The number of nitrogens with one attached hydrogen (secondary N) is 1. The van der Waals surface area contributed by atoms with E-state index < -0.39 is 9.84 Å². The van der Waals surface area contributed by atoms with Crippen molar-refractivity contribution in [2.75, 3.05) is 37.7 Å². The van der Waals surface area contributed by atoms with Gasteiger partial charge in [0.25, 0.3) is 0 Å². The van der Waals surface area contributed by atoms with Crippen LogP contribution in [0.2, 0.25) is 0 Å². The van der Waals surface area contributed by atoms with E-state index in [1.54, 1.807) is 0 Å². The number of rotatable bonds is 1. The fourth-order valence-corrected chi connectivity index (χ4v) is 5.04. The predicted octanol–water partition coefficient (Wildman–Crippen LogP) is -1.11. The maximum absolute atomic E-state index is 11.9. The lowest BCUT2D eigenvalue weighted by molar-refractivity contribution is -0.133. The first-order valence-electron chi connectivity index (χ1n) is 6.24. The summed E-state index contributed by atoms with van der Waals surface area (Å²) < 4.78 is 23.0. The van der Waals surface area contributed by atoms with Crippen molar-refractivity contribution in [1.29, 1.82) is 0 Å². The molecule has 1 N–H and O–H groups in total. The third-order valence-corrected chi connectivity index (χ3v) is 5.97. The van der Waals surface area contributed by atoms with Gasteiger partial charge in [0.2, 0.25) is 0 Å². The molecule has 3 saturated heterocycles. The third kappa shape index (κ3) is 2.13. The highest BCUT2D eigenvalue weighted by molar-refractivity contribution is 7.91. The van der Waals surface area contributed by atoms with Crippen LogP contribution in [0.15, 0.2) is 0 Å². The molecular formula is C11H18N2O3S. The largest absolute Gasteiger partial charge is 0.315 e. The molecule has 3 fully saturated rings. The molecule has 0 aliphatic carbocycles. The van der Waals surface area contributed by atoms with Crippen molar-refractivity contribution in [2.24, 2.45) is 11.8 Å². The van der Waals surface area contributed by atoms with Crippen LogP contribution in [-0.4, -0.2) is 62.8 Å². The second-order valence-corrected chi connectivity index (χ2v) is 7.69. The predicted molar refractivity (Wildman–Crippen MR) is 63.5 cm³/mol. The molecule has 3 aliphatic rings. The Morgan fingerprint density at radius 2 is 1.82 bits per heavy atom. The fraction of sp³-hybridized carbons (Fsp3) is 0.909. The lowest BCUT2D eigenvalue weighted by Crippen LogP contribution is -2.59. The minimum atomic E-state index is -2.82. The summed E-state index contributed by atoms with van der Waals surface area (Å²) in [6, 6.07) is 0.149. The second-order valence-electron chi connectivity index (χ2n) is 5.47. The lowest BCUT2D eigenvalue weighted by Gasteiger charge is -2.42. The topological polar surface area (TPSA) is 66.5 Å². The van der Waals surface area contributed by atoms with Crippen molar-refractivity contribution in [2.45, 2.75) is 12.5 Å². The summed E-state index contributed by atoms with van der Waals surface area (Å²) in [5.74, 6) is 1.13. The molecule has 0 aromatic carbocycles. The van der Waals surface area contributed by atoms with Crippen molar-refractivity contribution in [3.8, 4) is 0 Å². The molecule has 96 valence electrons. The van der Waals surface area contributed by atoms with Crippen molar-refractivity contribution >= 4 is 15.6 Å². The van der Waals surface area contributed by atoms with Gasteiger partial charge in [-0.3, -0.25) is 9.69 Å². The van der Waals surface area contributed by atoms with Gasteiger partial charge in [0.05, 0.1) is 11.5 Å². The van der Waals surface area contributed by atoms with Crippen molar-refractivity contribution < 1.29 is 13.2 Å². The van der Waals surface area contributed by atoms with Gasteiger partial charge in [0.1, 0.15) is 5.78 Å². The van der Waals surface area contributed by atoms with Crippen LogP contribution < -0.4 is 5.32 Å². The number of ketones is 1. The number of Topliss-reactive ketones (excluding diaryl/α,β-unsaturated/α-hetero) is 1. The van der Waals surface area contributed by atoms with Crippen LogP contribution in [0.25, 0.3) is 0 Å². The molecule has 0 spiro atoms. The zero-order valence-electron chi connectivity index (χ0n) is 9.76. The molecule has 0 aromatic heterocycles. The van der Waals surface area contributed by atoms with Crippen molar-refractivity contribution in [3.05, 3.63) is 0 Å². The maximum Gasteiger partial charge on any atom is 0.151 e. The molecule has 0 saturated carbocycles. The van der Waals surface area contributed by atoms with Crippen LogP contribution >= 0.6 is 0 Å². The second kappa shape index (κ2) is 4.03. The van der Waals surface area contributed by atoms with Crippen molar-refractivity contribution in [1.82, 2.24) is 10.2 Å². The molecule has 0 radical (unpaired) electrons. The SMILES string of the molecule is O=C1C2CNCC1CN(C1CCS(=O)(=O)C1)C2. The average molecular weight is 258 g/mol. The van der Waals surface area contributed by atoms with Gasteiger partial charge in [0.15, 0.2) is 9.84 Å². The van der Waals surface area contributed by atoms with Crippen LogP contribution in [0.5, 0.6) is 0 Å². The zero-order chi connectivity index (χ0) is 12.0. The van der Waals surface area contributed by atoms with E-state index in [0.29, 0.717) is 11.5 Å². The van der Waals surface area contributed by atoms with Gasteiger partial charge in [-0.2, -0.15) is 0 Å². The van der Waals surface area contributed by atoms with E-state index in [1.165, 1.54) is 0 Å². The van der Waals surface area contributed by atoms with Gasteiger partial charge in [0, 0.05) is 44.1 Å². The van der Waals surface area contributed by atoms with E-state index >= 15 is 0 Å². The van der Waals surface area contributed by atoms with Crippen LogP contribution in [-0.2, 0) is 14.6 Å². The first-order chi connectivity index (χ1) is 8.05. The van der Waals surface area contributed by atoms with Crippen LogP contribution in [0.1, 0.15) is 6.42 Å². The molecule has 3 aliphatic heterocycles. The number of hydrogen-bond acceptors (Lipinski definition) is 5. The standard InChI is InChI=1S/C11H18N2O3S/c14-11-8-3-12-4-9(11)6-13(5-8)10-1-2-17(15,16)7-10/h8-10,12H,1-7H2. The van der Waals surface area contributed by atoms with E-state index in [-0.39, 0.29) is 23.6 Å². The minimum absolute atomic E-state index is 0.0748. The molecule has 5 nitrogen and oxygen atoms in total. The Hall–Kier alpha value is -0.460. The van der Waals surface area contributed by atoms with Crippen molar-refractivity contribution in [3.63, 3.8) is 0 Å². The van der Waals surface area contributed by atoms with Gasteiger partial charge in [-0.1, -0.05) is 0 Å². The van der Waals surface area contributed by atoms with Crippen LogP contribution in [0.3, 0.4) is 0 Å². The number of carbonyl (C=O) groups is 1. The molecule has 3 unspecified atom stereocenters. The summed E-state index contributed by atoms with van der Waals surface area (Å²) in [4.78, 5) is 14.1. The Balaban J connectivity index is 1.72. The fourth-order valence-electron chi connectivity index (χ4n) is 3.28. The molecular weight excluding hydrogens is 240 g/mol. The summed E-state index contributed by atoms with van der Waals surface area (Å²) >= 11 is 0. The third-order valence-electron chi connectivity index (χ3n) is 4.22. The Kier molecular flexibility index (Phi) is 2.76. The number of fused-ring (bicyclic) bond motifs is 2. The van der Waals surface area contributed by atoms with Gasteiger partial charge in [-0.25, -0.2) is 8.42 Å². The quantitative estimate of drug-likeness (QED) is 0.646. The van der Waals surface area contributed by atoms with E-state index in [1.807, 2.05) is 0 Å². The van der Waals surface area contributed by atoms with E-state index in [4.69, 9.17) is 0 Å². The van der Waals surface area contributed by atoms with Gasteiger partial charge < -0.3 is 5.32 Å². The summed E-state index contributed by atoms with van der Waals surface area (Å²) in [5, 5.41) is 3.28. The highest BCUT2D eigenvalue weighted by atomic mass is 32.2. The number of likely N-dealkylation sites (tertiary alicyclic amines) is 1. The summed E-state index contributed by atoms with van der Waals surface area (Å²) in [6.45, 7) is 2.99. The number of piperidine rings is 2. The highest BCUT2D eigenvalue weighted by Crippen LogP contribution is 2.26. The van der Waals surface area contributed by atoms with Gasteiger partial charge in [-0.15, -0.1) is 0 Å². The molecule has 3 atom stereocenters. The van der Waals surface area contributed by atoms with E-state index in [9.17, 15) is 13.2 Å². The number of carbonyl (C=O) groups excluding carboxylic acids is 1. The lowest BCUT2D eigenvalue weighted by atomic mass is 9.83. The molecule has 6 heteroatoms. The maximum atomic E-state index is 11.9. The Bertz CT molecular complexity index is 418. The average Bonchev–Trinajstić information content (AvgIpc) is 2.58. The first-order valence-corrected chi connectivity index (χ1v) is 8.06. The number of sulfone groups is 1. The monoisotopic (exact) mass is 258 g/mol. The molecule has 3 heterocycles. The smallest absolute Gasteiger partial charge is 0.151 e. The summed E-state index contributed by atoms with van der Waals surface area (Å²) in [5.41, 5.74) is 0. The number of hydrogen-bond donors (Lipinski definition) is 1. The van der Waals surface area contributed by atoms with Crippen LogP contribution in [0.4, 0.5) is 0 Å². The molecule has 0 amide bonds.